The van der Waals surface area contributed by atoms with Crippen molar-refractivity contribution < 1.29 is 0 Å². The summed E-state index contributed by atoms with van der Waals surface area (Å²) < 4.78 is 0. The van der Waals surface area contributed by atoms with Crippen LogP contribution in [0, 0.1) is 5.41 Å². The first kappa shape index (κ1) is 9.70. The largest absolute Gasteiger partial charge is 0.316 e. The summed E-state index contributed by atoms with van der Waals surface area (Å²) >= 11 is 0. The van der Waals surface area contributed by atoms with E-state index in [1.165, 1.54) is 0 Å². The molecule has 10 heavy (non-hydrogen) atoms. The Morgan fingerprint density at radius 3 is 2.10 bits per heavy atom. The topological polar surface area (TPSA) is 12.0 Å². The summed E-state index contributed by atoms with van der Waals surface area (Å²) in [4.78, 5) is 0. The Balaban J connectivity index is 3.92. The van der Waals surface area contributed by atoms with Gasteiger partial charge in [-0.25, -0.2) is 0 Å². The van der Waals surface area contributed by atoms with E-state index in [0.717, 1.165) is 6.42 Å². The molecule has 1 N–H and O–H groups in total. The van der Waals surface area contributed by atoms with Crippen molar-refractivity contribution in [1.29, 1.82) is 0 Å². The lowest BCUT2D eigenvalue weighted by Crippen LogP contribution is -2.37. The van der Waals surface area contributed by atoms with Crippen LogP contribution in [0.4, 0.5) is 0 Å². The summed E-state index contributed by atoms with van der Waals surface area (Å²) in [7, 11) is 2.00. The predicted molar refractivity (Wildman–Crippen MR) is 47.1 cm³/mol. The van der Waals surface area contributed by atoms with Crippen molar-refractivity contribution in [2.45, 2.75) is 33.2 Å². The van der Waals surface area contributed by atoms with Gasteiger partial charge in [0.1, 0.15) is 0 Å². The van der Waals surface area contributed by atoms with Crippen molar-refractivity contribution in [3.63, 3.8) is 0 Å². The Morgan fingerprint density at radius 1 is 1.50 bits per heavy atom. The van der Waals surface area contributed by atoms with Gasteiger partial charge in [-0.05, 0) is 18.9 Å². The molecular formula is C9H19N. The Bertz CT molecular complexity index is 99.8. The molecule has 0 aliphatic heterocycles. The average Bonchev–Trinajstić information content (AvgIpc) is 1.80. The Labute approximate surface area is 64.5 Å². The van der Waals surface area contributed by atoms with E-state index in [1.54, 1.807) is 0 Å². The highest BCUT2D eigenvalue weighted by Crippen LogP contribution is 2.21. The van der Waals surface area contributed by atoms with E-state index in [1.807, 2.05) is 13.1 Å². The van der Waals surface area contributed by atoms with Crippen LogP contribution in [-0.4, -0.2) is 13.1 Å². The lowest BCUT2D eigenvalue weighted by molar-refractivity contribution is 0.283. The van der Waals surface area contributed by atoms with Gasteiger partial charge < -0.3 is 5.32 Å². The fourth-order valence-corrected chi connectivity index (χ4v) is 1.07. The zero-order valence-corrected chi connectivity index (χ0v) is 7.57. The third kappa shape index (κ3) is 3.02. The molecule has 0 heterocycles. The zero-order chi connectivity index (χ0) is 8.20. The predicted octanol–water partition coefficient (Wildman–Crippen LogP) is 2.20. The molecule has 0 fully saturated rings. The Morgan fingerprint density at radius 2 is 2.00 bits per heavy atom. The highest BCUT2D eigenvalue weighted by atomic mass is 14.9. The smallest absolute Gasteiger partial charge is 0.0147 e. The van der Waals surface area contributed by atoms with Gasteiger partial charge >= 0.3 is 0 Å². The Kier molecular flexibility index (Phi) is 3.66. The minimum atomic E-state index is 0.336. The van der Waals surface area contributed by atoms with E-state index in [9.17, 15) is 0 Å². The number of rotatable bonds is 3. The van der Waals surface area contributed by atoms with Crippen LogP contribution in [0.3, 0.4) is 0 Å². The van der Waals surface area contributed by atoms with Crippen LogP contribution < -0.4 is 5.32 Å². The van der Waals surface area contributed by atoms with Crippen molar-refractivity contribution in [3.05, 3.63) is 12.7 Å². The standard InChI is InChI=1S/C9H19N/c1-6-7-8(10-5)9(2,3)4/h6,8,10H,1,7H2,2-5H3. The molecule has 0 aliphatic rings. The fraction of sp³-hybridized carbons (Fsp3) is 0.778. The van der Waals surface area contributed by atoms with Crippen molar-refractivity contribution in [3.8, 4) is 0 Å². The summed E-state index contributed by atoms with van der Waals surface area (Å²) in [6, 6.07) is 0.546. The monoisotopic (exact) mass is 141 g/mol. The summed E-state index contributed by atoms with van der Waals surface area (Å²) in [5.41, 5.74) is 0.336. The Hall–Kier alpha value is -0.300. The highest BCUT2D eigenvalue weighted by Gasteiger charge is 2.20. The van der Waals surface area contributed by atoms with E-state index >= 15 is 0 Å². The van der Waals surface area contributed by atoms with Crippen LogP contribution in [0.15, 0.2) is 12.7 Å². The molecule has 60 valence electrons. The van der Waals surface area contributed by atoms with Crippen molar-refractivity contribution in [1.82, 2.24) is 5.32 Å². The molecule has 0 aromatic rings. The lowest BCUT2D eigenvalue weighted by Gasteiger charge is -2.29. The van der Waals surface area contributed by atoms with E-state index in [2.05, 4.69) is 32.7 Å². The second-order valence-electron chi connectivity index (χ2n) is 3.73. The summed E-state index contributed by atoms with van der Waals surface area (Å²) in [5, 5.41) is 3.27. The minimum absolute atomic E-state index is 0.336. The first-order chi connectivity index (χ1) is 4.52. The fourth-order valence-electron chi connectivity index (χ4n) is 1.07. The van der Waals surface area contributed by atoms with Gasteiger partial charge in [0.05, 0.1) is 0 Å². The zero-order valence-electron chi connectivity index (χ0n) is 7.57. The van der Waals surface area contributed by atoms with E-state index < -0.39 is 0 Å². The molecule has 0 saturated heterocycles. The van der Waals surface area contributed by atoms with Gasteiger partial charge in [0.15, 0.2) is 0 Å². The maximum absolute atomic E-state index is 3.72. The SMILES string of the molecule is C=CCC(NC)C(C)(C)C. The molecule has 0 rings (SSSR count). The van der Waals surface area contributed by atoms with Crippen LogP contribution in [-0.2, 0) is 0 Å². The third-order valence-electron chi connectivity index (χ3n) is 1.80. The molecule has 1 unspecified atom stereocenters. The van der Waals surface area contributed by atoms with Gasteiger partial charge in [-0.15, -0.1) is 6.58 Å². The first-order valence-corrected chi connectivity index (χ1v) is 3.80. The van der Waals surface area contributed by atoms with Crippen molar-refractivity contribution in [2.24, 2.45) is 5.41 Å². The lowest BCUT2D eigenvalue weighted by atomic mass is 9.85. The van der Waals surface area contributed by atoms with Crippen molar-refractivity contribution in [2.75, 3.05) is 7.05 Å². The summed E-state index contributed by atoms with van der Waals surface area (Å²) in [6.45, 7) is 10.4. The van der Waals surface area contributed by atoms with Crippen molar-refractivity contribution >= 4 is 0 Å². The molecule has 1 nitrogen and oxygen atoms in total. The van der Waals surface area contributed by atoms with E-state index in [-0.39, 0.29) is 0 Å². The van der Waals surface area contributed by atoms with Crippen LogP contribution in [0.1, 0.15) is 27.2 Å². The molecule has 1 atom stereocenters. The molecule has 0 saturated carbocycles. The molecule has 0 aromatic carbocycles. The summed E-state index contributed by atoms with van der Waals surface area (Å²) in [5.74, 6) is 0. The molecule has 0 bridgehead atoms. The normalized spacial score (nSPS) is 14.8. The van der Waals surface area contributed by atoms with E-state index in [4.69, 9.17) is 0 Å². The summed E-state index contributed by atoms with van der Waals surface area (Å²) in [6.07, 6.45) is 3.01. The molecule has 1 heteroatoms. The number of nitrogens with one attached hydrogen (secondary N) is 1. The molecule has 0 spiro atoms. The quantitative estimate of drug-likeness (QED) is 0.594. The van der Waals surface area contributed by atoms with Gasteiger partial charge in [-0.1, -0.05) is 26.8 Å². The second-order valence-corrected chi connectivity index (χ2v) is 3.73. The van der Waals surface area contributed by atoms with Gasteiger partial charge in [0.2, 0.25) is 0 Å². The van der Waals surface area contributed by atoms with Crippen LogP contribution >= 0.6 is 0 Å². The highest BCUT2D eigenvalue weighted by molar-refractivity contribution is 4.85. The first-order valence-electron chi connectivity index (χ1n) is 3.80. The maximum atomic E-state index is 3.72. The van der Waals surface area contributed by atoms with Gasteiger partial charge in [-0.3, -0.25) is 0 Å². The average molecular weight is 141 g/mol. The van der Waals surface area contributed by atoms with Crippen LogP contribution in [0.5, 0.6) is 0 Å². The minimum Gasteiger partial charge on any atom is -0.316 e. The maximum Gasteiger partial charge on any atom is 0.0147 e. The number of hydrogen-bond donors (Lipinski definition) is 1. The molecular weight excluding hydrogens is 122 g/mol. The van der Waals surface area contributed by atoms with Crippen LogP contribution in [0.25, 0.3) is 0 Å². The van der Waals surface area contributed by atoms with Gasteiger partial charge in [0.25, 0.3) is 0 Å². The molecule has 0 amide bonds. The van der Waals surface area contributed by atoms with Gasteiger partial charge in [-0.2, -0.15) is 0 Å². The molecule has 0 aliphatic carbocycles. The second kappa shape index (κ2) is 3.77. The van der Waals surface area contributed by atoms with E-state index in [0.29, 0.717) is 11.5 Å². The van der Waals surface area contributed by atoms with Gasteiger partial charge in [0, 0.05) is 6.04 Å². The van der Waals surface area contributed by atoms with Crippen LogP contribution in [0.2, 0.25) is 0 Å². The third-order valence-corrected chi connectivity index (χ3v) is 1.80. The number of hydrogen-bond acceptors (Lipinski definition) is 1. The molecule has 0 aromatic heterocycles. The molecule has 0 radical (unpaired) electrons.